The van der Waals surface area contributed by atoms with Crippen molar-refractivity contribution in [2.75, 3.05) is 26.1 Å². The molecule has 0 radical (unpaired) electrons. The molecule has 1 amide bonds. The average Bonchev–Trinajstić information content (AvgIpc) is 2.77. The second-order valence-electron chi connectivity index (χ2n) is 5.54. The maximum Gasteiger partial charge on any atom is 0.416 e. The summed E-state index contributed by atoms with van der Waals surface area (Å²) in [6.07, 6.45) is -4.48. The molecule has 0 aliphatic carbocycles. The number of halogens is 3. The minimum absolute atomic E-state index is 0.203. The van der Waals surface area contributed by atoms with E-state index < -0.39 is 11.7 Å². The van der Waals surface area contributed by atoms with Crippen molar-refractivity contribution in [1.82, 2.24) is 0 Å². The molecule has 0 spiro atoms. The number of nitrogens with one attached hydrogen (secondary N) is 1. The van der Waals surface area contributed by atoms with E-state index in [2.05, 4.69) is 10.3 Å². The van der Waals surface area contributed by atoms with E-state index in [-0.39, 0.29) is 23.7 Å². The highest BCUT2D eigenvalue weighted by atomic mass is 19.4. The van der Waals surface area contributed by atoms with E-state index in [1.54, 1.807) is 12.1 Å². The summed E-state index contributed by atoms with van der Waals surface area (Å²) in [6, 6.07) is 7.96. The summed E-state index contributed by atoms with van der Waals surface area (Å²) in [5.74, 6) is 0.388. The first-order valence-corrected chi connectivity index (χ1v) is 7.62. The van der Waals surface area contributed by atoms with Crippen LogP contribution < -0.4 is 14.8 Å². The molecule has 2 aromatic carbocycles. The minimum Gasteiger partial charge on any atom is -0.493 e. The second-order valence-corrected chi connectivity index (χ2v) is 5.54. The lowest BCUT2D eigenvalue weighted by Gasteiger charge is -2.15. The number of aliphatic imine (C=N–C) groups is 1. The Morgan fingerprint density at radius 2 is 1.77 bits per heavy atom. The summed E-state index contributed by atoms with van der Waals surface area (Å²) >= 11 is 0. The first kappa shape index (κ1) is 17.8. The van der Waals surface area contributed by atoms with Crippen LogP contribution in [0.3, 0.4) is 0 Å². The van der Waals surface area contributed by atoms with Crippen LogP contribution in [-0.2, 0) is 11.0 Å². The van der Waals surface area contributed by atoms with Gasteiger partial charge in [-0.3, -0.25) is 9.79 Å². The van der Waals surface area contributed by atoms with Gasteiger partial charge in [-0.15, -0.1) is 0 Å². The number of hydrogen-bond donors (Lipinski definition) is 1. The summed E-state index contributed by atoms with van der Waals surface area (Å²) < 4.78 is 49.6. The molecule has 5 nitrogen and oxygen atoms in total. The van der Waals surface area contributed by atoms with E-state index in [0.717, 1.165) is 12.1 Å². The Labute approximate surface area is 147 Å². The van der Waals surface area contributed by atoms with E-state index in [4.69, 9.17) is 9.47 Å². The molecule has 0 saturated heterocycles. The van der Waals surface area contributed by atoms with Gasteiger partial charge in [-0.1, -0.05) is 12.1 Å². The van der Waals surface area contributed by atoms with Crippen molar-refractivity contribution >= 4 is 17.3 Å². The third-order valence-electron chi connectivity index (χ3n) is 3.90. The molecule has 0 atom stereocenters. The largest absolute Gasteiger partial charge is 0.493 e. The van der Waals surface area contributed by atoms with Gasteiger partial charge in [0.2, 0.25) is 5.91 Å². The van der Waals surface area contributed by atoms with Crippen molar-refractivity contribution in [2.24, 2.45) is 4.99 Å². The molecule has 1 aliphatic rings. The van der Waals surface area contributed by atoms with Crippen LogP contribution in [-0.4, -0.2) is 32.4 Å². The maximum atomic E-state index is 13.0. The number of carbonyl (C=O) groups is 1. The summed E-state index contributed by atoms with van der Waals surface area (Å²) in [4.78, 5) is 16.1. The van der Waals surface area contributed by atoms with Crippen LogP contribution >= 0.6 is 0 Å². The van der Waals surface area contributed by atoms with Gasteiger partial charge in [0.1, 0.15) is 6.54 Å². The Kier molecular flexibility index (Phi) is 4.58. The van der Waals surface area contributed by atoms with Crippen LogP contribution in [0.15, 0.2) is 41.4 Å². The smallest absolute Gasteiger partial charge is 0.416 e. The number of anilines is 1. The van der Waals surface area contributed by atoms with Crippen molar-refractivity contribution < 1.29 is 27.4 Å². The van der Waals surface area contributed by atoms with Crippen LogP contribution in [0.5, 0.6) is 11.5 Å². The zero-order chi connectivity index (χ0) is 18.9. The maximum absolute atomic E-state index is 13.0. The molecule has 8 heteroatoms. The average molecular weight is 364 g/mol. The summed E-state index contributed by atoms with van der Waals surface area (Å²) in [5.41, 5.74) is 0.576. The van der Waals surface area contributed by atoms with Crippen molar-refractivity contribution in [1.29, 1.82) is 0 Å². The number of fused-ring (bicyclic) bond motifs is 1. The van der Waals surface area contributed by atoms with Gasteiger partial charge in [0, 0.05) is 17.2 Å². The molecule has 2 aromatic rings. The molecular formula is C18H15F3N2O3. The summed E-state index contributed by atoms with van der Waals surface area (Å²) in [7, 11) is 2.89. The van der Waals surface area contributed by atoms with Crippen LogP contribution in [0.25, 0.3) is 0 Å². The fraction of sp³-hybridized carbons (Fsp3) is 0.222. The number of amides is 1. The van der Waals surface area contributed by atoms with E-state index in [9.17, 15) is 18.0 Å². The predicted molar refractivity (Wildman–Crippen MR) is 90.1 cm³/mol. The van der Waals surface area contributed by atoms with E-state index >= 15 is 0 Å². The van der Waals surface area contributed by atoms with Crippen LogP contribution in [0, 0.1) is 0 Å². The Balaban J connectivity index is 2.19. The highest BCUT2D eigenvalue weighted by Crippen LogP contribution is 2.36. The van der Waals surface area contributed by atoms with Gasteiger partial charge < -0.3 is 14.8 Å². The quantitative estimate of drug-likeness (QED) is 0.907. The number of methoxy groups -OCH3 is 2. The van der Waals surface area contributed by atoms with Crippen LogP contribution in [0.4, 0.5) is 18.9 Å². The molecule has 136 valence electrons. The molecule has 0 saturated carbocycles. The number of hydrogen-bond acceptors (Lipinski definition) is 4. The lowest BCUT2D eigenvalue weighted by atomic mass is 9.98. The summed E-state index contributed by atoms with van der Waals surface area (Å²) in [5, 5.41) is 2.68. The Hall–Kier alpha value is -3.03. The highest BCUT2D eigenvalue weighted by molar-refractivity contribution is 6.19. The van der Waals surface area contributed by atoms with Gasteiger partial charge >= 0.3 is 6.18 Å². The highest BCUT2D eigenvalue weighted by Gasteiger charge is 2.31. The van der Waals surface area contributed by atoms with E-state index in [1.165, 1.54) is 26.4 Å². The second kappa shape index (κ2) is 6.70. The Morgan fingerprint density at radius 3 is 2.42 bits per heavy atom. The van der Waals surface area contributed by atoms with Crippen molar-refractivity contribution in [3.05, 3.63) is 53.1 Å². The van der Waals surface area contributed by atoms with Gasteiger partial charge in [-0.2, -0.15) is 13.2 Å². The number of carbonyl (C=O) groups excluding carboxylic acids is 1. The van der Waals surface area contributed by atoms with Crippen LogP contribution in [0.2, 0.25) is 0 Å². The molecule has 0 aromatic heterocycles. The van der Waals surface area contributed by atoms with E-state index in [1.807, 2.05) is 0 Å². The molecule has 0 fully saturated rings. The third-order valence-corrected chi connectivity index (χ3v) is 3.90. The first-order valence-electron chi connectivity index (χ1n) is 7.62. The van der Waals surface area contributed by atoms with Crippen LogP contribution in [0.1, 0.15) is 16.7 Å². The van der Waals surface area contributed by atoms with Crippen molar-refractivity contribution in [3.63, 3.8) is 0 Å². The summed E-state index contributed by atoms with van der Waals surface area (Å²) in [6.45, 7) is -0.203. The molecular weight excluding hydrogens is 349 g/mol. The molecule has 3 rings (SSSR count). The molecule has 0 bridgehead atoms. The number of alkyl halides is 3. The Morgan fingerprint density at radius 1 is 1.08 bits per heavy atom. The Bertz CT molecular complexity index is 892. The van der Waals surface area contributed by atoms with Gasteiger partial charge in [-0.25, -0.2) is 0 Å². The lowest BCUT2D eigenvalue weighted by Crippen LogP contribution is -2.13. The SMILES string of the molecule is COc1cc2c(cc1OC)C(c1cccc(C(F)(F)F)c1)=NCC(=O)N2. The first-order chi connectivity index (χ1) is 12.3. The minimum atomic E-state index is -4.48. The standard InChI is InChI=1S/C18H15F3N2O3/c1-25-14-7-12-13(8-15(14)26-2)23-16(24)9-22-17(12)10-4-3-5-11(6-10)18(19,20)21/h3-8H,9H2,1-2H3,(H,23,24). The number of rotatable bonds is 3. The van der Waals surface area contributed by atoms with E-state index in [0.29, 0.717) is 22.7 Å². The van der Waals surface area contributed by atoms with Crippen molar-refractivity contribution in [3.8, 4) is 11.5 Å². The topological polar surface area (TPSA) is 59.9 Å². The fourth-order valence-electron chi connectivity index (χ4n) is 2.69. The molecule has 0 unspecified atom stereocenters. The van der Waals surface area contributed by atoms with Gasteiger partial charge in [0.25, 0.3) is 0 Å². The van der Waals surface area contributed by atoms with Gasteiger partial charge in [-0.05, 0) is 18.2 Å². The number of benzene rings is 2. The van der Waals surface area contributed by atoms with Crippen molar-refractivity contribution in [2.45, 2.75) is 6.18 Å². The lowest BCUT2D eigenvalue weighted by molar-refractivity contribution is -0.137. The fourth-order valence-corrected chi connectivity index (χ4v) is 2.69. The molecule has 1 aliphatic heterocycles. The normalized spacial score (nSPS) is 14.0. The van der Waals surface area contributed by atoms with Gasteiger partial charge in [0.15, 0.2) is 11.5 Å². The van der Waals surface area contributed by atoms with Gasteiger partial charge in [0.05, 0.1) is 31.2 Å². The molecule has 1 heterocycles. The predicted octanol–water partition coefficient (Wildman–Crippen LogP) is 3.51. The molecule has 1 N–H and O–H groups in total. The number of ether oxygens (including phenoxy) is 2. The number of nitrogens with zero attached hydrogens (tertiary/aromatic N) is 1. The molecule has 26 heavy (non-hydrogen) atoms. The monoisotopic (exact) mass is 364 g/mol. The zero-order valence-corrected chi connectivity index (χ0v) is 14.0. The number of benzodiazepines with no additional fused rings is 1. The zero-order valence-electron chi connectivity index (χ0n) is 14.0. The third kappa shape index (κ3) is 3.35.